The number of hydrogen-bond donors (Lipinski definition) is 1. The maximum absolute atomic E-state index is 12.5. The van der Waals surface area contributed by atoms with E-state index in [0.29, 0.717) is 5.56 Å². The van der Waals surface area contributed by atoms with Crippen molar-refractivity contribution < 1.29 is 9.53 Å². The van der Waals surface area contributed by atoms with Crippen LogP contribution in [0.15, 0.2) is 54.6 Å². The van der Waals surface area contributed by atoms with Crippen LogP contribution in [-0.2, 0) is 6.54 Å². The van der Waals surface area contributed by atoms with Crippen LogP contribution >= 0.6 is 0 Å². The molecule has 1 saturated heterocycles. The van der Waals surface area contributed by atoms with Crippen LogP contribution in [0.4, 0.5) is 0 Å². The number of carbonyl (C=O) groups is 1. The summed E-state index contributed by atoms with van der Waals surface area (Å²) < 4.78 is 5.65. The maximum Gasteiger partial charge on any atom is 0.251 e. The first-order valence-electron chi connectivity index (χ1n) is 9.54. The zero-order valence-electron chi connectivity index (χ0n) is 15.5. The highest BCUT2D eigenvalue weighted by Crippen LogP contribution is 2.16. The summed E-state index contributed by atoms with van der Waals surface area (Å²) in [4.78, 5) is 14.9. The van der Waals surface area contributed by atoms with E-state index in [9.17, 15) is 4.79 Å². The number of hydrogen-bond acceptors (Lipinski definition) is 3. The van der Waals surface area contributed by atoms with E-state index >= 15 is 0 Å². The number of nitrogens with zero attached hydrogens (tertiary/aromatic N) is 1. The molecule has 0 radical (unpaired) electrons. The third-order valence-electron chi connectivity index (χ3n) is 4.74. The van der Waals surface area contributed by atoms with Gasteiger partial charge in [0.1, 0.15) is 5.75 Å². The van der Waals surface area contributed by atoms with Crippen LogP contribution in [0.25, 0.3) is 0 Å². The zero-order valence-corrected chi connectivity index (χ0v) is 15.5. The Bertz CT molecular complexity index is 685. The van der Waals surface area contributed by atoms with Gasteiger partial charge in [-0.2, -0.15) is 0 Å². The molecular formula is C22H28N2O2. The number of amides is 1. The van der Waals surface area contributed by atoms with Crippen LogP contribution in [0.1, 0.15) is 42.1 Å². The minimum Gasteiger partial charge on any atom is -0.494 e. The van der Waals surface area contributed by atoms with Gasteiger partial charge in [0.2, 0.25) is 0 Å². The van der Waals surface area contributed by atoms with E-state index in [4.69, 9.17) is 4.74 Å². The fourth-order valence-electron chi connectivity index (χ4n) is 3.24. The van der Waals surface area contributed by atoms with Crippen LogP contribution in [-0.4, -0.2) is 36.5 Å². The molecule has 1 aliphatic heterocycles. The van der Waals surface area contributed by atoms with Crippen molar-refractivity contribution in [2.24, 2.45) is 0 Å². The lowest BCUT2D eigenvalue weighted by molar-refractivity contribution is 0.0937. The third-order valence-corrected chi connectivity index (χ3v) is 4.74. The molecule has 0 spiro atoms. The quantitative estimate of drug-likeness (QED) is 0.733. The Morgan fingerprint density at radius 1 is 1.15 bits per heavy atom. The van der Waals surface area contributed by atoms with Gasteiger partial charge in [0, 0.05) is 31.2 Å². The molecule has 1 atom stereocenters. The van der Waals surface area contributed by atoms with E-state index in [-0.39, 0.29) is 11.9 Å². The minimum atomic E-state index is -0.00308. The van der Waals surface area contributed by atoms with E-state index in [2.05, 4.69) is 41.4 Å². The van der Waals surface area contributed by atoms with E-state index in [1.54, 1.807) is 0 Å². The molecule has 1 heterocycles. The highest BCUT2D eigenvalue weighted by Gasteiger charge is 2.24. The van der Waals surface area contributed by atoms with E-state index in [0.717, 1.165) is 51.3 Å². The van der Waals surface area contributed by atoms with Gasteiger partial charge in [-0.05, 0) is 42.7 Å². The van der Waals surface area contributed by atoms with Crippen molar-refractivity contribution >= 4 is 5.91 Å². The summed E-state index contributed by atoms with van der Waals surface area (Å²) in [5.41, 5.74) is 2.01. The highest BCUT2D eigenvalue weighted by atomic mass is 16.5. The molecule has 2 aromatic rings. The first-order chi connectivity index (χ1) is 12.7. The molecule has 1 amide bonds. The molecule has 0 bridgehead atoms. The number of carbonyl (C=O) groups excluding carboxylic acids is 1. The van der Waals surface area contributed by atoms with Crippen molar-refractivity contribution in [3.63, 3.8) is 0 Å². The number of likely N-dealkylation sites (tertiary alicyclic amines) is 1. The second kappa shape index (κ2) is 9.39. The molecule has 0 saturated carbocycles. The van der Waals surface area contributed by atoms with Crippen molar-refractivity contribution in [1.82, 2.24) is 10.2 Å². The summed E-state index contributed by atoms with van der Waals surface area (Å²) in [6, 6.07) is 18.1. The van der Waals surface area contributed by atoms with Gasteiger partial charge in [-0.25, -0.2) is 0 Å². The normalized spacial score (nSPS) is 17.2. The summed E-state index contributed by atoms with van der Waals surface area (Å²) in [6.07, 6.45) is 3.16. The average molecular weight is 352 g/mol. The topological polar surface area (TPSA) is 41.6 Å². The Morgan fingerprint density at radius 2 is 1.92 bits per heavy atom. The molecule has 0 aromatic heterocycles. The molecule has 2 aromatic carbocycles. The summed E-state index contributed by atoms with van der Waals surface area (Å²) in [7, 11) is 0. The summed E-state index contributed by atoms with van der Waals surface area (Å²) in [5, 5.41) is 3.16. The fraction of sp³-hybridized carbons (Fsp3) is 0.409. The van der Waals surface area contributed by atoms with Crippen molar-refractivity contribution in [2.75, 3.05) is 19.7 Å². The van der Waals surface area contributed by atoms with Crippen LogP contribution < -0.4 is 10.1 Å². The standard InChI is InChI=1S/C22H28N2O2/c1-2-3-15-26-21-11-9-19(10-12-21)22(25)23-20-13-14-24(17-20)16-18-7-5-4-6-8-18/h4-12,20H,2-3,13-17H2,1H3,(H,23,25). The molecule has 4 heteroatoms. The summed E-state index contributed by atoms with van der Waals surface area (Å²) in [5.74, 6) is 0.821. The highest BCUT2D eigenvalue weighted by molar-refractivity contribution is 5.94. The van der Waals surface area contributed by atoms with Gasteiger partial charge in [-0.15, -0.1) is 0 Å². The number of unbranched alkanes of at least 4 members (excludes halogenated alkanes) is 1. The minimum absolute atomic E-state index is 0.00308. The molecule has 3 rings (SSSR count). The fourth-order valence-corrected chi connectivity index (χ4v) is 3.24. The first-order valence-corrected chi connectivity index (χ1v) is 9.54. The number of ether oxygens (including phenoxy) is 1. The molecule has 26 heavy (non-hydrogen) atoms. The SMILES string of the molecule is CCCCOc1ccc(C(=O)NC2CCN(Cc3ccccc3)C2)cc1. The zero-order chi connectivity index (χ0) is 18.2. The Hall–Kier alpha value is -2.33. The second-order valence-corrected chi connectivity index (χ2v) is 6.91. The van der Waals surface area contributed by atoms with Crippen LogP contribution in [0.2, 0.25) is 0 Å². The Labute approximate surface area is 156 Å². The van der Waals surface area contributed by atoms with Crippen LogP contribution in [0.3, 0.4) is 0 Å². The van der Waals surface area contributed by atoms with Crippen LogP contribution in [0.5, 0.6) is 5.75 Å². The largest absolute Gasteiger partial charge is 0.494 e. The van der Waals surface area contributed by atoms with E-state index in [1.165, 1.54) is 5.56 Å². The maximum atomic E-state index is 12.5. The van der Waals surface area contributed by atoms with Gasteiger partial charge in [-0.1, -0.05) is 43.7 Å². The molecule has 1 aliphatic rings. The smallest absolute Gasteiger partial charge is 0.251 e. The van der Waals surface area contributed by atoms with Crippen molar-refractivity contribution in [3.8, 4) is 5.75 Å². The Balaban J connectivity index is 1.46. The second-order valence-electron chi connectivity index (χ2n) is 6.91. The average Bonchev–Trinajstić information content (AvgIpc) is 3.10. The monoisotopic (exact) mass is 352 g/mol. The lowest BCUT2D eigenvalue weighted by Crippen LogP contribution is -2.36. The molecule has 1 N–H and O–H groups in total. The number of nitrogens with one attached hydrogen (secondary N) is 1. The third kappa shape index (κ3) is 5.33. The summed E-state index contributed by atoms with van der Waals surface area (Å²) in [6.45, 7) is 5.72. The predicted octanol–water partition coefficient (Wildman–Crippen LogP) is 3.87. The van der Waals surface area contributed by atoms with E-state index in [1.807, 2.05) is 30.3 Å². The van der Waals surface area contributed by atoms with Gasteiger partial charge < -0.3 is 10.1 Å². The van der Waals surface area contributed by atoms with Gasteiger partial charge in [0.15, 0.2) is 0 Å². The Morgan fingerprint density at radius 3 is 2.65 bits per heavy atom. The van der Waals surface area contributed by atoms with Crippen LogP contribution in [0, 0.1) is 0 Å². The predicted molar refractivity (Wildman–Crippen MR) is 104 cm³/mol. The van der Waals surface area contributed by atoms with Gasteiger partial charge >= 0.3 is 0 Å². The molecular weight excluding hydrogens is 324 g/mol. The molecule has 0 aliphatic carbocycles. The molecule has 138 valence electrons. The number of benzene rings is 2. The van der Waals surface area contributed by atoms with E-state index < -0.39 is 0 Å². The van der Waals surface area contributed by atoms with Gasteiger partial charge in [0.25, 0.3) is 5.91 Å². The Kier molecular flexibility index (Phi) is 6.67. The van der Waals surface area contributed by atoms with Crippen molar-refractivity contribution in [3.05, 3.63) is 65.7 Å². The first kappa shape index (κ1) is 18.5. The lowest BCUT2D eigenvalue weighted by atomic mass is 10.2. The molecule has 1 unspecified atom stereocenters. The molecule has 1 fully saturated rings. The molecule has 4 nitrogen and oxygen atoms in total. The summed E-state index contributed by atoms with van der Waals surface area (Å²) >= 11 is 0. The van der Waals surface area contributed by atoms with Crippen molar-refractivity contribution in [1.29, 1.82) is 0 Å². The lowest BCUT2D eigenvalue weighted by Gasteiger charge is -2.17. The van der Waals surface area contributed by atoms with Gasteiger partial charge in [-0.3, -0.25) is 9.69 Å². The van der Waals surface area contributed by atoms with Crippen molar-refractivity contribution in [2.45, 2.75) is 38.8 Å². The number of rotatable bonds is 8. The van der Waals surface area contributed by atoms with Gasteiger partial charge in [0.05, 0.1) is 6.61 Å².